The van der Waals surface area contributed by atoms with E-state index in [0.717, 1.165) is 34.6 Å². The van der Waals surface area contributed by atoms with E-state index in [2.05, 4.69) is 31.8 Å². The number of pyridine rings is 1. The fourth-order valence-electron chi connectivity index (χ4n) is 4.71. The summed E-state index contributed by atoms with van der Waals surface area (Å²) in [7, 11) is 1.91. The lowest BCUT2D eigenvalue weighted by Crippen LogP contribution is -2.37. The third-order valence-corrected chi connectivity index (χ3v) is 6.53. The fourth-order valence-corrected chi connectivity index (χ4v) is 4.71. The van der Waals surface area contributed by atoms with Gasteiger partial charge in [0.1, 0.15) is 23.2 Å². The molecular weight excluding hydrogens is 454 g/mol. The summed E-state index contributed by atoms with van der Waals surface area (Å²) >= 11 is 0. The standard InChI is InChI=1S/C27H27N7O2/c1-4-36-26-13-21(30-15-20(26)14-28)17-34-9-6-22-23(25-5-7-31-32(25)3)11-19(12-24(22)27(34)35)16-33-10-8-29-18(33)2/h5,7-8,10-13,15H,4,6,9,16-17H2,1-3H3. The quantitative estimate of drug-likeness (QED) is 0.400. The van der Waals surface area contributed by atoms with Gasteiger partial charge in [-0.25, -0.2) is 4.98 Å². The molecule has 182 valence electrons. The van der Waals surface area contributed by atoms with Crippen molar-refractivity contribution >= 4 is 5.91 Å². The van der Waals surface area contributed by atoms with Gasteiger partial charge in [-0.2, -0.15) is 10.4 Å². The maximum Gasteiger partial charge on any atom is 0.254 e. The van der Waals surface area contributed by atoms with Crippen LogP contribution in [0.15, 0.2) is 49.1 Å². The van der Waals surface area contributed by atoms with E-state index in [1.165, 1.54) is 6.20 Å². The van der Waals surface area contributed by atoms with Crippen molar-refractivity contribution in [3.8, 4) is 23.1 Å². The van der Waals surface area contributed by atoms with Crippen molar-refractivity contribution in [2.45, 2.75) is 33.4 Å². The predicted molar refractivity (Wildman–Crippen MR) is 133 cm³/mol. The average molecular weight is 482 g/mol. The zero-order chi connectivity index (χ0) is 25.2. The summed E-state index contributed by atoms with van der Waals surface area (Å²) < 4.78 is 9.51. The number of rotatable bonds is 7. The Balaban J connectivity index is 1.51. The molecule has 0 saturated heterocycles. The zero-order valence-corrected chi connectivity index (χ0v) is 20.6. The number of fused-ring (bicyclic) bond motifs is 1. The molecule has 0 spiro atoms. The lowest BCUT2D eigenvalue weighted by Gasteiger charge is -2.30. The van der Waals surface area contributed by atoms with Gasteiger partial charge in [0.25, 0.3) is 5.91 Å². The molecular formula is C27H27N7O2. The number of nitrogens with zero attached hydrogens (tertiary/aromatic N) is 7. The van der Waals surface area contributed by atoms with E-state index in [1.807, 2.05) is 48.8 Å². The molecule has 0 aliphatic carbocycles. The van der Waals surface area contributed by atoms with Crippen LogP contribution in [0.5, 0.6) is 5.75 Å². The topological polar surface area (TPSA) is 102 Å². The van der Waals surface area contributed by atoms with Gasteiger partial charge in [-0.05, 0) is 49.6 Å². The van der Waals surface area contributed by atoms with Gasteiger partial charge in [0.05, 0.1) is 24.5 Å². The SMILES string of the molecule is CCOc1cc(CN2CCc3c(cc(Cn4ccnc4C)cc3-c3ccnn3C)C2=O)ncc1C#N. The minimum atomic E-state index is -0.0343. The zero-order valence-electron chi connectivity index (χ0n) is 20.6. The summed E-state index contributed by atoms with van der Waals surface area (Å²) in [6, 6.07) is 10.0. The number of hydrogen-bond acceptors (Lipinski definition) is 6. The smallest absolute Gasteiger partial charge is 0.254 e. The molecule has 9 nitrogen and oxygen atoms in total. The Morgan fingerprint density at radius 1 is 1.14 bits per heavy atom. The van der Waals surface area contributed by atoms with Crippen LogP contribution in [0.25, 0.3) is 11.3 Å². The van der Waals surface area contributed by atoms with Crippen LogP contribution >= 0.6 is 0 Å². The van der Waals surface area contributed by atoms with Gasteiger partial charge in [-0.1, -0.05) is 0 Å². The van der Waals surface area contributed by atoms with Crippen molar-refractivity contribution in [2.75, 3.05) is 13.2 Å². The molecule has 1 amide bonds. The Bertz CT molecular complexity index is 1480. The Hall–Kier alpha value is -4.45. The van der Waals surface area contributed by atoms with Gasteiger partial charge in [0.2, 0.25) is 0 Å². The summed E-state index contributed by atoms with van der Waals surface area (Å²) in [5.41, 5.74) is 5.84. The molecule has 0 N–H and O–H groups in total. The number of benzene rings is 1. The van der Waals surface area contributed by atoms with Crippen LogP contribution in [-0.4, -0.2) is 48.3 Å². The van der Waals surface area contributed by atoms with Gasteiger partial charge in [0.15, 0.2) is 0 Å². The van der Waals surface area contributed by atoms with E-state index >= 15 is 0 Å². The number of amides is 1. The summed E-state index contributed by atoms with van der Waals surface area (Å²) in [6.07, 6.45) is 7.73. The van der Waals surface area contributed by atoms with E-state index in [0.29, 0.717) is 48.8 Å². The van der Waals surface area contributed by atoms with Gasteiger partial charge in [-0.15, -0.1) is 0 Å². The second kappa shape index (κ2) is 9.66. The number of carbonyl (C=O) groups is 1. The number of aryl methyl sites for hydroxylation is 2. The molecule has 0 fully saturated rings. The highest BCUT2D eigenvalue weighted by Gasteiger charge is 2.28. The highest BCUT2D eigenvalue weighted by atomic mass is 16.5. The minimum Gasteiger partial charge on any atom is -0.492 e. The molecule has 36 heavy (non-hydrogen) atoms. The number of imidazole rings is 1. The number of ether oxygens (including phenoxy) is 1. The summed E-state index contributed by atoms with van der Waals surface area (Å²) in [4.78, 5) is 24.3. The first-order chi connectivity index (χ1) is 17.5. The van der Waals surface area contributed by atoms with Crippen molar-refractivity contribution in [2.24, 2.45) is 7.05 Å². The molecule has 0 radical (unpaired) electrons. The summed E-state index contributed by atoms with van der Waals surface area (Å²) in [5, 5.41) is 13.7. The molecule has 0 bridgehead atoms. The van der Waals surface area contributed by atoms with Crippen molar-refractivity contribution in [1.29, 1.82) is 5.26 Å². The first kappa shape index (κ1) is 23.3. The molecule has 0 unspecified atom stereocenters. The molecule has 0 saturated carbocycles. The lowest BCUT2D eigenvalue weighted by molar-refractivity contribution is 0.0724. The molecule has 1 aliphatic rings. The van der Waals surface area contributed by atoms with Crippen molar-refractivity contribution in [3.63, 3.8) is 0 Å². The van der Waals surface area contributed by atoms with Gasteiger partial charge < -0.3 is 14.2 Å². The predicted octanol–water partition coefficient (Wildman–Crippen LogP) is 3.50. The molecule has 1 aromatic carbocycles. The lowest BCUT2D eigenvalue weighted by atomic mass is 9.90. The summed E-state index contributed by atoms with van der Waals surface area (Å²) in [6.45, 7) is 5.82. The van der Waals surface area contributed by atoms with Gasteiger partial charge in [0, 0.05) is 62.1 Å². The molecule has 4 heterocycles. The van der Waals surface area contributed by atoms with Crippen LogP contribution in [0, 0.1) is 18.3 Å². The minimum absolute atomic E-state index is 0.0343. The molecule has 4 aromatic rings. The van der Waals surface area contributed by atoms with E-state index in [9.17, 15) is 10.1 Å². The highest BCUT2D eigenvalue weighted by Crippen LogP contribution is 2.33. The van der Waals surface area contributed by atoms with Crippen LogP contribution in [0.4, 0.5) is 0 Å². The number of carbonyl (C=O) groups excluding carboxylic acids is 1. The largest absolute Gasteiger partial charge is 0.492 e. The number of nitriles is 1. The second-order valence-electron chi connectivity index (χ2n) is 8.81. The normalized spacial score (nSPS) is 12.9. The van der Waals surface area contributed by atoms with E-state index in [4.69, 9.17) is 4.74 Å². The van der Waals surface area contributed by atoms with Crippen LogP contribution in [-0.2, 0) is 26.6 Å². The Morgan fingerprint density at radius 3 is 2.67 bits per heavy atom. The Labute approximate surface area is 209 Å². The highest BCUT2D eigenvalue weighted by molar-refractivity contribution is 5.99. The van der Waals surface area contributed by atoms with Crippen LogP contribution in [0.2, 0.25) is 0 Å². The average Bonchev–Trinajstić information content (AvgIpc) is 3.48. The molecule has 3 aromatic heterocycles. The second-order valence-corrected chi connectivity index (χ2v) is 8.81. The van der Waals surface area contributed by atoms with E-state index < -0.39 is 0 Å². The van der Waals surface area contributed by atoms with Crippen molar-refractivity contribution < 1.29 is 9.53 Å². The first-order valence-electron chi connectivity index (χ1n) is 11.9. The maximum absolute atomic E-state index is 13.8. The third kappa shape index (κ3) is 4.33. The summed E-state index contributed by atoms with van der Waals surface area (Å²) in [5.74, 6) is 1.37. The molecule has 9 heteroatoms. The molecule has 0 atom stereocenters. The van der Waals surface area contributed by atoms with Crippen molar-refractivity contribution in [3.05, 3.63) is 82.8 Å². The number of hydrogen-bond donors (Lipinski definition) is 0. The van der Waals surface area contributed by atoms with Crippen LogP contribution < -0.4 is 4.74 Å². The maximum atomic E-state index is 13.8. The Morgan fingerprint density at radius 2 is 1.97 bits per heavy atom. The van der Waals surface area contributed by atoms with Crippen LogP contribution in [0.1, 0.15) is 45.5 Å². The number of aromatic nitrogens is 5. The molecule has 5 rings (SSSR count). The van der Waals surface area contributed by atoms with E-state index in [1.54, 1.807) is 18.5 Å². The third-order valence-electron chi connectivity index (χ3n) is 6.53. The monoisotopic (exact) mass is 481 g/mol. The first-order valence-corrected chi connectivity index (χ1v) is 11.9. The molecule has 1 aliphatic heterocycles. The van der Waals surface area contributed by atoms with Gasteiger partial charge in [-0.3, -0.25) is 14.5 Å². The van der Waals surface area contributed by atoms with E-state index in [-0.39, 0.29) is 5.91 Å². The van der Waals surface area contributed by atoms with Crippen LogP contribution in [0.3, 0.4) is 0 Å². The Kier molecular flexibility index (Phi) is 6.25. The van der Waals surface area contributed by atoms with Crippen molar-refractivity contribution in [1.82, 2.24) is 29.2 Å². The van der Waals surface area contributed by atoms with Gasteiger partial charge >= 0.3 is 0 Å². The fraction of sp³-hybridized carbons (Fsp3) is 0.296.